The number of aliphatic hydroxyl groups is 1. The highest BCUT2D eigenvalue weighted by atomic mass is 32.2. The summed E-state index contributed by atoms with van der Waals surface area (Å²) in [7, 11) is 0. The SMILES string of the molecule is CC(CO)Sc1cccc(F)c1CNC1CC1. The molecular formula is C13H18FNOS. The Morgan fingerprint density at radius 2 is 2.29 bits per heavy atom. The van der Waals surface area contributed by atoms with Crippen molar-refractivity contribution in [1.82, 2.24) is 5.32 Å². The Kier molecular flexibility index (Phi) is 4.42. The molecule has 0 bridgehead atoms. The Morgan fingerprint density at radius 3 is 2.94 bits per heavy atom. The molecule has 1 aromatic rings. The van der Waals surface area contributed by atoms with Crippen molar-refractivity contribution in [2.24, 2.45) is 0 Å². The van der Waals surface area contributed by atoms with E-state index in [4.69, 9.17) is 5.11 Å². The molecule has 0 aromatic heterocycles. The summed E-state index contributed by atoms with van der Waals surface area (Å²) in [6.07, 6.45) is 2.40. The highest BCUT2D eigenvalue weighted by molar-refractivity contribution is 8.00. The third kappa shape index (κ3) is 3.69. The van der Waals surface area contributed by atoms with Crippen LogP contribution in [0.1, 0.15) is 25.3 Å². The maximum absolute atomic E-state index is 13.8. The van der Waals surface area contributed by atoms with Crippen LogP contribution in [0.3, 0.4) is 0 Å². The van der Waals surface area contributed by atoms with E-state index in [2.05, 4.69) is 5.32 Å². The Labute approximate surface area is 106 Å². The molecule has 0 saturated heterocycles. The summed E-state index contributed by atoms with van der Waals surface area (Å²) in [5.74, 6) is -0.159. The van der Waals surface area contributed by atoms with E-state index in [0.29, 0.717) is 12.6 Å². The third-order valence-corrected chi connectivity index (χ3v) is 3.99. The van der Waals surface area contributed by atoms with Crippen LogP contribution in [-0.4, -0.2) is 23.0 Å². The van der Waals surface area contributed by atoms with E-state index >= 15 is 0 Å². The fourth-order valence-corrected chi connectivity index (χ4v) is 2.59. The smallest absolute Gasteiger partial charge is 0.128 e. The molecular weight excluding hydrogens is 237 g/mol. The minimum Gasteiger partial charge on any atom is -0.395 e. The first-order chi connectivity index (χ1) is 8.20. The molecule has 1 atom stereocenters. The summed E-state index contributed by atoms with van der Waals surface area (Å²) in [5.41, 5.74) is 0.727. The topological polar surface area (TPSA) is 32.3 Å². The molecule has 1 fully saturated rings. The van der Waals surface area contributed by atoms with Gasteiger partial charge in [-0.2, -0.15) is 0 Å². The number of hydrogen-bond donors (Lipinski definition) is 2. The van der Waals surface area contributed by atoms with Crippen LogP contribution < -0.4 is 5.32 Å². The normalized spacial score (nSPS) is 17.1. The Balaban J connectivity index is 2.08. The maximum atomic E-state index is 13.8. The highest BCUT2D eigenvalue weighted by Crippen LogP contribution is 2.29. The molecule has 4 heteroatoms. The van der Waals surface area contributed by atoms with Gasteiger partial charge in [0.2, 0.25) is 0 Å². The number of rotatable bonds is 6. The van der Waals surface area contributed by atoms with Gasteiger partial charge in [-0.15, -0.1) is 11.8 Å². The minimum absolute atomic E-state index is 0.0940. The number of nitrogens with one attached hydrogen (secondary N) is 1. The van der Waals surface area contributed by atoms with Crippen LogP contribution in [0.25, 0.3) is 0 Å². The third-order valence-electron chi connectivity index (χ3n) is 2.81. The monoisotopic (exact) mass is 255 g/mol. The van der Waals surface area contributed by atoms with Crippen molar-refractivity contribution in [3.05, 3.63) is 29.6 Å². The zero-order valence-corrected chi connectivity index (χ0v) is 10.8. The molecule has 0 spiro atoms. The summed E-state index contributed by atoms with van der Waals surface area (Å²) in [6, 6.07) is 5.71. The molecule has 1 aromatic carbocycles. The van der Waals surface area contributed by atoms with Crippen molar-refractivity contribution in [1.29, 1.82) is 0 Å². The summed E-state index contributed by atoms with van der Waals surface area (Å²) < 4.78 is 13.8. The number of aliphatic hydroxyl groups excluding tert-OH is 1. The first kappa shape index (κ1) is 12.9. The fourth-order valence-electron chi connectivity index (χ4n) is 1.61. The first-order valence-electron chi connectivity index (χ1n) is 5.99. The van der Waals surface area contributed by atoms with Crippen molar-refractivity contribution in [2.45, 2.75) is 42.5 Å². The number of halogens is 1. The number of benzene rings is 1. The predicted molar refractivity (Wildman–Crippen MR) is 68.7 cm³/mol. The summed E-state index contributed by atoms with van der Waals surface area (Å²) in [4.78, 5) is 0.930. The predicted octanol–water partition coefficient (Wildman–Crippen LogP) is 2.55. The molecule has 0 aliphatic heterocycles. The Bertz CT molecular complexity index is 382. The zero-order chi connectivity index (χ0) is 12.3. The van der Waals surface area contributed by atoms with Crippen LogP contribution in [0, 0.1) is 5.82 Å². The van der Waals surface area contributed by atoms with E-state index in [1.165, 1.54) is 30.7 Å². The highest BCUT2D eigenvalue weighted by Gasteiger charge is 2.21. The van der Waals surface area contributed by atoms with Gasteiger partial charge in [-0.3, -0.25) is 0 Å². The molecule has 17 heavy (non-hydrogen) atoms. The molecule has 94 valence electrons. The Morgan fingerprint density at radius 1 is 1.53 bits per heavy atom. The number of hydrogen-bond acceptors (Lipinski definition) is 3. The van der Waals surface area contributed by atoms with E-state index in [0.717, 1.165) is 10.5 Å². The molecule has 0 radical (unpaired) electrons. The molecule has 0 amide bonds. The molecule has 1 aliphatic rings. The standard InChI is InChI=1S/C13H18FNOS/c1-9(8-16)17-13-4-2-3-12(14)11(13)7-15-10-5-6-10/h2-4,9-10,15-16H,5-8H2,1H3. The summed E-state index contributed by atoms with van der Waals surface area (Å²) >= 11 is 1.53. The fraction of sp³-hybridized carbons (Fsp3) is 0.538. The maximum Gasteiger partial charge on any atom is 0.128 e. The van der Waals surface area contributed by atoms with Crippen LogP contribution in [-0.2, 0) is 6.54 Å². The van der Waals surface area contributed by atoms with Gasteiger partial charge in [0.05, 0.1) is 6.61 Å². The first-order valence-corrected chi connectivity index (χ1v) is 6.87. The van der Waals surface area contributed by atoms with E-state index in [-0.39, 0.29) is 17.7 Å². The van der Waals surface area contributed by atoms with Gasteiger partial charge in [0.25, 0.3) is 0 Å². The second-order valence-corrected chi connectivity index (χ2v) is 5.96. The molecule has 2 N–H and O–H groups in total. The van der Waals surface area contributed by atoms with Crippen molar-refractivity contribution in [2.75, 3.05) is 6.61 Å². The van der Waals surface area contributed by atoms with Crippen LogP contribution in [0.5, 0.6) is 0 Å². The molecule has 1 aliphatic carbocycles. The van der Waals surface area contributed by atoms with Crippen molar-refractivity contribution < 1.29 is 9.50 Å². The lowest BCUT2D eigenvalue weighted by atomic mass is 10.2. The number of thioether (sulfide) groups is 1. The van der Waals surface area contributed by atoms with Crippen molar-refractivity contribution in [3.8, 4) is 0 Å². The van der Waals surface area contributed by atoms with Gasteiger partial charge in [0.15, 0.2) is 0 Å². The van der Waals surface area contributed by atoms with Crippen molar-refractivity contribution >= 4 is 11.8 Å². The average molecular weight is 255 g/mol. The Hall–Kier alpha value is -0.580. The lowest BCUT2D eigenvalue weighted by Crippen LogP contribution is -2.17. The van der Waals surface area contributed by atoms with Gasteiger partial charge in [-0.05, 0) is 25.0 Å². The quantitative estimate of drug-likeness (QED) is 0.766. The molecule has 1 unspecified atom stereocenters. The van der Waals surface area contributed by atoms with Gasteiger partial charge in [-0.1, -0.05) is 13.0 Å². The van der Waals surface area contributed by atoms with E-state index in [9.17, 15) is 4.39 Å². The van der Waals surface area contributed by atoms with Gasteiger partial charge >= 0.3 is 0 Å². The summed E-state index contributed by atoms with van der Waals surface area (Å²) in [6.45, 7) is 2.63. The molecule has 0 heterocycles. The second kappa shape index (κ2) is 5.85. The van der Waals surface area contributed by atoms with E-state index in [1.54, 1.807) is 6.07 Å². The van der Waals surface area contributed by atoms with Gasteiger partial charge < -0.3 is 10.4 Å². The van der Waals surface area contributed by atoms with E-state index < -0.39 is 0 Å². The molecule has 2 rings (SSSR count). The minimum atomic E-state index is -0.159. The van der Waals surface area contributed by atoms with Crippen LogP contribution in [0.15, 0.2) is 23.1 Å². The zero-order valence-electron chi connectivity index (χ0n) is 9.95. The van der Waals surface area contributed by atoms with Gasteiger partial charge in [0, 0.05) is 28.3 Å². The summed E-state index contributed by atoms with van der Waals surface area (Å²) in [5, 5.41) is 12.5. The van der Waals surface area contributed by atoms with Crippen LogP contribution in [0.2, 0.25) is 0 Å². The largest absolute Gasteiger partial charge is 0.395 e. The van der Waals surface area contributed by atoms with E-state index in [1.807, 2.05) is 13.0 Å². The second-order valence-electron chi connectivity index (χ2n) is 4.48. The average Bonchev–Trinajstić information content (AvgIpc) is 3.12. The van der Waals surface area contributed by atoms with Crippen LogP contribution >= 0.6 is 11.8 Å². The molecule has 1 saturated carbocycles. The van der Waals surface area contributed by atoms with Crippen molar-refractivity contribution in [3.63, 3.8) is 0 Å². The van der Waals surface area contributed by atoms with Gasteiger partial charge in [0.1, 0.15) is 5.82 Å². The lowest BCUT2D eigenvalue weighted by Gasteiger charge is -2.13. The lowest BCUT2D eigenvalue weighted by molar-refractivity contribution is 0.300. The molecule has 2 nitrogen and oxygen atoms in total. The van der Waals surface area contributed by atoms with Gasteiger partial charge in [-0.25, -0.2) is 4.39 Å². The van der Waals surface area contributed by atoms with Crippen LogP contribution in [0.4, 0.5) is 4.39 Å².